The molecule has 0 aromatic carbocycles. The Bertz CT molecular complexity index is 156. The lowest BCUT2D eigenvalue weighted by molar-refractivity contribution is 0.0372. The molecule has 1 fully saturated rings. The molecule has 0 radical (unpaired) electrons. The van der Waals surface area contributed by atoms with Gasteiger partial charge in [0.25, 0.3) is 0 Å². The molecule has 0 spiro atoms. The second kappa shape index (κ2) is 8.97. The van der Waals surface area contributed by atoms with Crippen molar-refractivity contribution in [3.8, 4) is 0 Å². The van der Waals surface area contributed by atoms with E-state index in [1.807, 2.05) is 0 Å². The topological polar surface area (TPSA) is 24.5 Å². The molecule has 0 amide bonds. The fourth-order valence-corrected chi connectivity index (χ4v) is 1.93. The maximum atomic E-state index is 5.33. The summed E-state index contributed by atoms with van der Waals surface area (Å²) < 4.78 is 5.33. The van der Waals surface area contributed by atoms with Crippen LogP contribution in [0.5, 0.6) is 0 Å². The number of hydrogen-bond donors (Lipinski definition) is 1. The first-order valence-corrected chi connectivity index (χ1v) is 6.80. The Morgan fingerprint density at radius 3 is 2.56 bits per heavy atom. The van der Waals surface area contributed by atoms with Crippen LogP contribution in [0.15, 0.2) is 0 Å². The molecule has 0 aliphatic carbocycles. The molecule has 1 saturated heterocycles. The molecule has 0 bridgehead atoms. The van der Waals surface area contributed by atoms with E-state index in [0.717, 1.165) is 32.2 Å². The van der Waals surface area contributed by atoms with Crippen LogP contribution in [0, 0.1) is 5.92 Å². The fourth-order valence-electron chi connectivity index (χ4n) is 1.93. The van der Waals surface area contributed by atoms with E-state index in [1.165, 1.54) is 38.9 Å². The second-order valence-corrected chi connectivity index (χ2v) is 5.09. The average Bonchev–Trinajstić information content (AvgIpc) is 2.29. The predicted octanol–water partition coefficient (Wildman–Crippen LogP) is 1.73. The number of ether oxygens (including phenoxy) is 1. The molecule has 0 aromatic heterocycles. The van der Waals surface area contributed by atoms with E-state index < -0.39 is 0 Å². The zero-order valence-corrected chi connectivity index (χ0v) is 11.0. The summed E-state index contributed by atoms with van der Waals surface area (Å²) >= 11 is 0. The molecule has 1 N–H and O–H groups in total. The molecule has 1 aliphatic rings. The van der Waals surface area contributed by atoms with Crippen molar-refractivity contribution in [3.05, 3.63) is 0 Å². The number of nitrogens with zero attached hydrogens (tertiary/aromatic N) is 1. The SMILES string of the molecule is CC(C)CCNCCCCN1CCOCC1. The van der Waals surface area contributed by atoms with E-state index in [1.54, 1.807) is 0 Å². The van der Waals surface area contributed by atoms with Crippen molar-refractivity contribution in [3.63, 3.8) is 0 Å². The van der Waals surface area contributed by atoms with Crippen LogP contribution in [0.3, 0.4) is 0 Å². The number of unbranched alkanes of at least 4 members (excludes halogenated alkanes) is 1. The minimum atomic E-state index is 0.820. The first-order valence-electron chi connectivity index (χ1n) is 6.80. The van der Waals surface area contributed by atoms with E-state index in [4.69, 9.17) is 4.74 Å². The maximum Gasteiger partial charge on any atom is 0.0594 e. The molecule has 16 heavy (non-hydrogen) atoms. The molecule has 1 heterocycles. The first-order chi connectivity index (χ1) is 7.79. The average molecular weight is 228 g/mol. The monoisotopic (exact) mass is 228 g/mol. The smallest absolute Gasteiger partial charge is 0.0594 e. The lowest BCUT2D eigenvalue weighted by atomic mass is 10.1. The summed E-state index contributed by atoms with van der Waals surface area (Å²) in [7, 11) is 0. The number of morpholine rings is 1. The Hall–Kier alpha value is -0.120. The lowest BCUT2D eigenvalue weighted by Gasteiger charge is -2.26. The Morgan fingerprint density at radius 1 is 1.12 bits per heavy atom. The molecule has 0 atom stereocenters. The maximum absolute atomic E-state index is 5.33. The number of nitrogens with one attached hydrogen (secondary N) is 1. The van der Waals surface area contributed by atoms with Crippen molar-refractivity contribution in [2.24, 2.45) is 5.92 Å². The van der Waals surface area contributed by atoms with Gasteiger partial charge in [0.2, 0.25) is 0 Å². The molecule has 96 valence electrons. The highest BCUT2D eigenvalue weighted by atomic mass is 16.5. The summed E-state index contributed by atoms with van der Waals surface area (Å²) in [5.41, 5.74) is 0. The van der Waals surface area contributed by atoms with Crippen LogP contribution in [0.1, 0.15) is 33.1 Å². The van der Waals surface area contributed by atoms with E-state index >= 15 is 0 Å². The van der Waals surface area contributed by atoms with Gasteiger partial charge in [-0.15, -0.1) is 0 Å². The lowest BCUT2D eigenvalue weighted by Crippen LogP contribution is -2.37. The van der Waals surface area contributed by atoms with Crippen molar-refractivity contribution in [2.75, 3.05) is 45.9 Å². The fraction of sp³-hybridized carbons (Fsp3) is 1.00. The predicted molar refractivity (Wildman–Crippen MR) is 68.8 cm³/mol. The largest absolute Gasteiger partial charge is 0.379 e. The highest BCUT2D eigenvalue weighted by molar-refractivity contribution is 4.62. The molecule has 3 nitrogen and oxygen atoms in total. The highest BCUT2D eigenvalue weighted by Gasteiger charge is 2.08. The van der Waals surface area contributed by atoms with Crippen molar-refractivity contribution in [1.29, 1.82) is 0 Å². The summed E-state index contributed by atoms with van der Waals surface area (Å²) in [6, 6.07) is 0. The second-order valence-electron chi connectivity index (χ2n) is 5.09. The number of hydrogen-bond acceptors (Lipinski definition) is 3. The molecule has 0 aromatic rings. The van der Waals surface area contributed by atoms with Crippen LogP contribution >= 0.6 is 0 Å². The zero-order valence-electron chi connectivity index (χ0n) is 11.0. The Kier molecular flexibility index (Phi) is 7.81. The minimum absolute atomic E-state index is 0.820. The third-order valence-electron chi connectivity index (χ3n) is 3.08. The van der Waals surface area contributed by atoms with Crippen molar-refractivity contribution in [2.45, 2.75) is 33.1 Å². The molecule has 1 aliphatic heterocycles. The van der Waals surface area contributed by atoms with E-state index in [0.29, 0.717) is 0 Å². The zero-order chi connectivity index (χ0) is 11.6. The van der Waals surface area contributed by atoms with Gasteiger partial charge in [0.05, 0.1) is 13.2 Å². The summed E-state index contributed by atoms with van der Waals surface area (Å²) in [5, 5.41) is 3.51. The third-order valence-corrected chi connectivity index (χ3v) is 3.08. The van der Waals surface area contributed by atoms with Crippen LogP contribution < -0.4 is 5.32 Å². The van der Waals surface area contributed by atoms with Crippen molar-refractivity contribution >= 4 is 0 Å². The van der Waals surface area contributed by atoms with E-state index in [-0.39, 0.29) is 0 Å². The van der Waals surface area contributed by atoms with E-state index in [2.05, 4.69) is 24.1 Å². The summed E-state index contributed by atoms with van der Waals surface area (Å²) in [5.74, 6) is 0.820. The van der Waals surface area contributed by atoms with Crippen LogP contribution in [0.2, 0.25) is 0 Å². The van der Waals surface area contributed by atoms with Crippen LogP contribution in [0.25, 0.3) is 0 Å². The van der Waals surface area contributed by atoms with Crippen LogP contribution in [-0.4, -0.2) is 50.8 Å². The Balaban J connectivity index is 1.80. The van der Waals surface area contributed by atoms with E-state index in [9.17, 15) is 0 Å². The van der Waals surface area contributed by atoms with Gasteiger partial charge >= 0.3 is 0 Å². The van der Waals surface area contributed by atoms with Crippen LogP contribution in [-0.2, 0) is 4.74 Å². The van der Waals surface area contributed by atoms with Gasteiger partial charge in [-0.05, 0) is 44.8 Å². The van der Waals surface area contributed by atoms with Gasteiger partial charge < -0.3 is 10.1 Å². The van der Waals surface area contributed by atoms with Gasteiger partial charge in [0, 0.05) is 13.1 Å². The normalized spacial score (nSPS) is 18.2. The molecular formula is C13H28N2O. The Morgan fingerprint density at radius 2 is 1.88 bits per heavy atom. The number of rotatable bonds is 8. The van der Waals surface area contributed by atoms with Gasteiger partial charge in [0.15, 0.2) is 0 Å². The third kappa shape index (κ3) is 7.20. The molecule has 3 heteroatoms. The van der Waals surface area contributed by atoms with Gasteiger partial charge in [-0.2, -0.15) is 0 Å². The first kappa shape index (κ1) is 13.9. The van der Waals surface area contributed by atoms with Gasteiger partial charge in [-0.1, -0.05) is 13.8 Å². The quantitative estimate of drug-likeness (QED) is 0.640. The summed E-state index contributed by atoms with van der Waals surface area (Å²) in [6.07, 6.45) is 3.91. The van der Waals surface area contributed by atoms with Gasteiger partial charge in [0.1, 0.15) is 0 Å². The Labute approximate surface area is 101 Å². The van der Waals surface area contributed by atoms with Gasteiger partial charge in [-0.3, -0.25) is 4.90 Å². The molecule has 1 rings (SSSR count). The summed E-state index contributed by atoms with van der Waals surface area (Å²) in [6.45, 7) is 12.3. The molecule has 0 unspecified atom stereocenters. The molecular weight excluding hydrogens is 200 g/mol. The van der Waals surface area contributed by atoms with Crippen LogP contribution in [0.4, 0.5) is 0 Å². The minimum Gasteiger partial charge on any atom is -0.379 e. The van der Waals surface area contributed by atoms with Crippen molar-refractivity contribution in [1.82, 2.24) is 10.2 Å². The van der Waals surface area contributed by atoms with Gasteiger partial charge in [-0.25, -0.2) is 0 Å². The van der Waals surface area contributed by atoms with Crippen molar-refractivity contribution < 1.29 is 4.74 Å². The summed E-state index contributed by atoms with van der Waals surface area (Å²) in [4.78, 5) is 2.51. The highest BCUT2D eigenvalue weighted by Crippen LogP contribution is 2.00. The standard InChI is InChI=1S/C13H28N2O/c1-13(2)5-7-14-6-3-4-8-15-9-11-16-12-10-15/h13-14H,3-12H2,1-2H3. The molecule has 0 saturated carbocycles.